The highest BCUT2D eigenvalue weighted by molar-refractivity contribution is 14.0. The van der Waals surface area contributed by atoms with E-state index in [9.17, 15) is 4.79 Å². The van der Waals surface area contributed by atoms with Gasteiger partial charge in [-0.3, -0.25) is 4.79 Å². The summed E-state index contributed by atoms with van der Waals surface area (Å²) in [5.74, 6) is 1.05. The first-order chi connectivity index (χ1) is 14.5. The Kier molecular flexibility index (Phi) is 10.2. The van der Waals surface area contributed by atoms with E-state index < -0.39 is 0 Å². The molecule has 1 saturated heterocycles. The molecule has 1 aliphatic rings. The number of rotatable bonds is 7. The molecule has 1 amide bonds. The number of nitrogens with one attached hydrogen (secondary N) is 1. The Morgan fingerprint density at radius 3 is 2.55 bits per heavy atom. The molecule has 0 unspecified atom stereocenters. The summed E-state index contributed by atoms with van der Waals surface area (Å²) in [4.78, 5) is 20.5. The number of carbonyl (C=O) groups is 1. The highest BCUT2D eigenvalue weighted by Gasteiger charge is 2.18. The van der Waals surface area contributed by atoms with Crippen LogP contribution in [0.3, 0.4) is 0 Å². The summed E-state index contributed by atoms with van der Waals surface area (Å²) in [5.41, 5.74) is 8.37. The Labute approximate surface area is 205 Å². The van der Waals surface area contributed by atoms with Crippen molar-refractivity contribution in [2.75, 3.05) is 44.2 Å². The number of benzene rings is 2. The molecule has 168 valence electrons. The van der Waals surface area contributed by atoms with Crippen molar-refractivity contribution in [2.45, 2.75) is 13.5 Å². The van der Waals surface area contributed by atoms with E-state index in [-0.39, 0.29) is 36.5 Å². The first-order valence-corrected chi connectivity index (χ1v) is 10.5. The van der Waals surface area contributed by atoms with Gasteiger partial charge in [0.15, 0.2) is 12.6 Å². The fourth-order valence-electron chi connectivity index (χ4n) is 3.25. The summed E-state index contributed by atoms with van der Waals surface area (Å²) >= 11 is 5.97. The van der Waals surface area contributed by atoms with E-state index in [2.05, 4.69) is 20.1 Å². The summed E-state index contributed by atoms with van der Waals surface area (Å²) in [6.45, 7) is 6.30. The standard InChI is InChI=1S/C22H28ClN5O2.HI/c1-2-25-21(29)16-30-20-5-3-4-17(14-20)15-26-22(24)28-12-10-27(11-13-28)19-8-6-18(23)7-9-19;/h3-9,14H,2,10-13,15-16H2,1H3,(H2,24,26)(H,25,29);1H. The molecular weight excluding hydrogens is 529 g/mol. The minimum absolute atomic E-state index is 0. The van der Waals surface area contributed by atoms with E-state index in [4.69, 9.17) is 22.1 Å². The highest BCUT2D eigenvalue weighted by Crippen LogP contribution is 2.19. The largest absolute Gasteiger partial charge is 0.484 e. The summed E-state index contributed by atoms with van der Waals surface area (Å²) in [5, 5.41) is 3.45. The molecule has 0 aliphatic carbocycles. The lowest BCUT2D eigenvalue weighted by molar-refractivity contribution is -0.122. The maximum absolute atomic E-state index is 11.5. The van der Waals surface area contributed by atoms with Crippen molar-refractivity contribution in [3.05, 3.63) is 59.1 Å². The fourth-order valence-corrected chi connectivity index (χ4v) is 3.37. The second kappa shape index (κ2) is 12.6. The maximum Gasteiger partial charge on any atom is 0.257 e. The van der Waals surface area contributed by atoms with E-state index >= 15 is 0 Å². The lowest BCUT2D eigenvalue weighted by Crippen LogP contribution is -2.51. The van der Waals surface area contributed by atoms with Crippen LogP contribution < -0.4 is 20.7 Å². The van der Waals surface area contributed by atoms with Crippen molar-refractivity contribution < 1.29 is 9.53 Å². The number of guanidine groups is 1. The summed E-state index contributed by atoms with van der Waals surface area (Å²) < 4.78 is 5.53. The van der Waals surface area contributed by atoms with E-state index in [1.165, 1.54) is 5.69 Å². The molecule has 0 atom stereocenters. The number of anilines is 1. The molecule has 0 saturated carbocycles. The molecule has 2 aromatic carbocycles. The van der Waals surface area contributed by atoms with Crippen molar-refractivity contribution >= 4 is 53.1 Å². The Balaban J connectivity index is 0.00000341. The molecule has 0 spiro atoms. The molecular formula is C22H29ClIN5O2. The molecule has 0 radical (unpaired) electrons. The number of hydrogen-bond acceptors (Lipinski definition) is 4. The minimum Gasteiger partial charge on any atom is -0.484 e. The van der Waals surface area contributed by atoms with Gasteiger partial charge in [0.05, 0.1) is 6.54 Å². The van der Waals surface area contributed by atoms with Crippen molar-refractivity contribution in [3.63, 3.8) is 0 Å². The zero-order valence-corrected chi connectivity index (χ0v) is 20.7. The van der Waals surface area contributed by atoms with E-state index in [1.807, 2.05) is 55.5 Å². The quantitative estimate of drug-likeness (QED) is 0.311. The molecule has 3 N–H and O–H groups in total. The zero-order chi connectivity index (χ0) is 21.3. The van der Waals surface area contributed by atoms with Gasteiger partial charge < -0.3 is 25.6 Å². The van der Waals surface area contributed by atoms with Crippen molar-refractivity contribution in [1.29, 1.82) is 0 Å². The first kappa shape index (κ1) is 25.1. The van der Waals surface area contributed by atoms with Gasteiger partial charge in [-0.2, -0.15) is 0 Å². The van der Waals surface area contributed by atoms with Crippen LogP contribution in [0.2, 0.25) is 5.02 Å². The van der Waals surface area contributed by atoms with Crippen LogP contribution >= 0.6 is 35.6 Å². The molecule has 2 aromatic rings. The normalized spacial score (nSPS) is 14.1. The third-order valence-electron chi connectivity index (χ3n) is 4.86. The molecule has 3 rings (SSSR count). The number of aliphatic imine (C=N–C) groups is 1. The molecule has 31 heavy (non-hydrogen) atoms. The number of piperazine rings is 1. The number of amides is 1. The van der Waals surface area contributed by atoms with Crippen LogP contribution in [-0.2, 0) is 11.3 Å². The van der Waals surface area contributed by atoms with Gasteiger partial charge >= 0.3 is 0 Å². The van der Waals surface area contributed by atoms with E-state index in [1.54, 1.807) is 0 Å². The molecule has 1 aliphatic heterocycles. The predicted molar refractivity (Wildman–Crippen MR) is 137 cm³/mol. The Morgan fingerprint density at radius 1 is 1.16 bits per heavy atom. The number of likely N-dealkylation sites (N-methyl/N-ethyl adjacent to an activating group) is 1. The average molecular weight is 558 g/mol. The summed E-state index contributed by atoms with van der Waals surface area (Å²) in [6, 6.07) is 15.5. The third-order valence-corrected chi connectivity index (χ3v) is 5.11. The number of ether oxygens (including phenoxy) is 1. The Hall–Kier alpha value is -2.20. The van der Waals surface area contributed by atoms with Gasteiger partial charge in [0, 0.05) is 43.4 Å². The molecule has 9 heteroatoms. The van der Waals surface area contributed by atoms with E-state index in [0.717, 1.165) is 36.8 Å². The zero-order valence-electron chi connectivity index (χ0n) is 17.6. The van der Waals surface area contributed by atoms with Crippen LogP contribution in [0.15, 0.2) is 53.5 Å². The van der Waals surface area contributed by atoms with Gasteiger partial charge in [-0.1, -0.05) is 23.7 Å². The van der Waals surface area contributed by atoms with Gasteiger partial charge in [-0.05, 0) is 48.9 Å². The number of hydrogen-bond donors (Lipinski definition) is 2. The number of halogens is 2. The van der Waals surface area contributed by atoms with Gasteiger partial charge in [-0.25, -0.2) is 4.99 Å². The van der Waals surface area contributed by atoms with Crippen molar-refractivity contribution in [2.24, 2.45) is 10.7 Å². The predicted octanol–water partition coefficient (Wildman–Crippen LogP) is 3.11. The third kappa shape index (κ3) is 7.77. The van der Waals surface area contributed by atoms with Gasteiger partial charge in [0.2, 0.25) is 0 Å². The van der Waals surface area contributed by atoms with Crippen LogP contribution in [0.5, 0.6) is 5.75 Å². The second-order valence-electron chi connectivity index (χ2n) is 7.01. The highest BCUT2D eigenvalue weighted by atomic mass is 127. The van der Waals surface area contributed by atoms with Crippen LogP contribution in [0, 0.1) is 0 Å². The SMILES string of the molecule is CCNC(=O)COc1cccc(CN=C(N)N2CCN(c3ccc(Cl)cc3)CC2)c1.I. The molecule has 0 bridgehead atoms. The van der Waals surface area contributed by atoms with E-state index in [0.29, 0.717) is 24.8 Å². The summed E-state index contributed by atoms with van der Waals surface area (Å²) in [7, 11) is 0. The summed E-state index contributed by atoms with van der Waals surface area (Å²) in [6.07, 6.45) is 0. The molecule has 1 heterocycles. The number of carbonyl (C=O) groups excluding carboxylic acids is 1. The first-order valence-electron chi connectivity index (χ1n) is 10.1. The maximum atomic E-state index is 11.5. The smallest absolute Gasteiger partial charge is 0.257 e. The van der Waals surface area contributed by atoms with Crippen molar-refractivity contribution in [1.82, 2.24) is 10.2 Å². The lowest BCUT2D eigenvalue weighted by Gasteiger charge is -2.36. The second-order valence-corrected chi connectivity index (χ2v) is 7.45. The number of nitrogens with two attached hydrogens (primary N) is 1. The van der Waals surface area contributed by atoms with Gasteiger partial charge in [0.1, 0.15) is 5.75 Å². The average Bonchev–Trinajstić information content (AvgIpc) is 2.77. The van der Waals surface area contributed by atoms with Crippen LogP contribution in [-0.4, -0.2) is 56.1 Å². The lowest BCUT2D eigenvalue weighted by atomic mass is 10.2. The Morgan fingerprint density at radius 2 is 1.87 bits per heavy atom. The van der Waals surface area contributed by atoms with Crippen LogP contribution in [0.1, 0.15) is 12.5 Å². The van der Waals surface area contributed by atoms with Crippen LogP contribution in [0.4, 0.5) is 5.69 Å². The van der Waals surface area contributed by atoms with Gasteiger partial charge in [-0.15, -0.1) is 24.0 Å². The number of nitrogens with zero attached hydrogens (tertiary/aromatic N) is 3. The Bertz CT molecular complexity index is 870. The van der Waals surface area contributed by atoms with Crippen LogP contribution in [0.25, 0.3) is 0 Å². The van der Waals surface area contributed by atoms with Gasteiger partial charge in [0.25, 0.3) is 5.91 Å². The molecule has 7 nitrogen and oxygen atoms in total. The monoisotopic (exact) mass is 557 g/mol. The fraction of sp³-hybridized carbons (Fsp3) is 0.364. The molecule has 0 aromatic heterocycles. The minimum atomic E-state index is -0.136. The van der Waals surface area contributed by atoms with Crippen molar-refractivity contribution in [3.8, 4) is 5.75 Å². The molecule has 1 fully saturated rings. The topological polar surface area (TPSA) is 83.2 Å².